The van der Waals surface area contributed by atoms with Crippen molar-refractivity contribution in [3.8, 4) is 5.75 Å². The van der Waals surface area contributed by atoms with Crippen LogP contribution in [0.5, 0.6) is 5.75 Å². The maximum Gasteiger partial charge on any atom is 0.322 e. The minimum absolute atomic E-state index is 0.0128. The lowest BCUT2D eigenvalue weighted by molar-refractivity contribution is -0.140. The van der Waals surface area contributed by atoms with Crippen LogP contribution in [0.4, 0.5) is 0 Å². The number of hydrogen-bond acceptors (Lipinski definition) is 5. The quantitative estimate of drug-likeness (QED) is 0.823. The van der Waals surface area contributed by atoms with Gasteiger partial charge in [0.1, 0.15) is 11.8 Å². The molecular formula is C13H17NO6S. The van der Waals surface area contributed by atoms with Gasteiger partial charge < -0.3 is 14.9 Å². The number of β-amino-alcohol motifs (C(OH)–C–C–N with tert-alkyl or cyclic N) is 1. The maximum absolute atomic E-state index is 12.6. The van der Waals surface area contributed by atoms with E-state index < -0.39 is 28.1 Å². The molecule has 0 spiro atoms. The van der Waals surface area contributed by atoms with Crippen LogP contribution in [-0.4, -0.2) is 54.7 Å². The van der Waals surface area contributed by atoms with Crippen LogP contribution >= 0.6 is 0 Å². The van der Waals surface area contributed by atoms with Gasteiger partial charge in [0.25, 0.3) is 0 Å². The highest BCUT2D eigenvalue weighted by Gasteiger charge is 2.43. The number of hydrogen-bond donors (Lipinski definition) is 2. The molecule has 1 aromatic rings. The molecule has 1 saturated heterocycles. The Hall–Kier alpha value is -1.64. The number of aryl methyl sites for hydroxylation is 1. The Kier molecular flexibility index (Phi) is 4.22. The average molecular weight is 315 g/mol. The number of nitrogens with zero attached hydrogens (tertiary/aromatic N) is 1. The van der Waals surface area contributed by atoms with Crippen molar-refractivity contribution < 1.29 is 28.2 Å². The van der Waals surface area contributed by atoms with Crippen LogP contribution < -0.4 is 4.74 Å². The number of carboxylic acid groups (broad SMARTS) is 1. The van der Waals surface area contributed by atoms with E-state index >= 15 is 0 Å². The molecule has 2 atom stereocenters. The topological polar surface area (TPSA) is 104 Å². The molecule has 1 aromatic carbocycles. The summed E-state index contributed by atoms with van der Waals surface area (Å²) in [4.78, 5) is 11.2. The van der Waals surface area contributed by atoms with Crippen LogP contribution in [0.3, 0.4) is 0 Å². The molecule has 2 rings (SSSR count). The van der Waals surface area contributed by atoms with E-state index in [0.717, 1.165) is 4.31 Å². The molecule has 0 radical (unpaired) electrons. The van der Waals surface area contributed by atoms with Crippen molar-refractivity contribution >= 4 is 16.0 Å². The maximum atomic E-state index is 12.6. The first-order valence-corrected chi connectivity index (χ1v) is 7.78. The molecular weight excluding hydrogens is 298 g/mol. The third-order valence-corrected chi connectivity index (χ3v) is 5.36. The number of rotatable bonds is 4. The summed E-state index contributed by atoms with van der Waals surface area (Å²) in [6, 6.07) is 3.07. The van der Waals surface area contributed by atoms with E-state index in [2.05, 4.69) is 0 Å². The molecule has 0 unspecified atom stereocenters. The van der Waals surface area contributed by atoms with Gasteiger partial charge in [0.15, 0.2) is 0 Å². The van der Waals surface area contributed by atoms with Gasteiger partial charge in [-0.05, 0) is 30.7 Å². The van der Waals surface area contributed by atoms with Gasteiger partial charge in [-0.25, -0.2) is 8.42 Å². The van der Waals surface area contributed by atoms with E-state index in [0.29, 0.717) is 11.3 Å². The van der Waals surface area contributed by atoms with Gasteiger partial charge in [-0.15, -0.1) is 0 Å². The summed E-state index contributed by atoms with van der Waals surface area (Å²) in [5.74, 6) is -0.717. The Labute approximate surface area is 122 Å². The number of ether oxygens (including phenoxy) is 1. The lowest BCUT2D eigenvalue weighted by Crippen LogP contribution is -2.40. The van der Waals surface area contributed by atoms with Crippen LogP contribution in [0.1, 0.15) is 12.0 Å². The summed E-state index contributed by atoms with van der Waals surface area (Å²) in [7, 11) is -2.50. The molecule has 7 nitrogen and oxygen atoms in total. The predicted octanol–water partition coefficient (Wildman–Crippen LogP) is 0.212. The fraction of sp³-hybridized carbons (Fsp3) is 0.462. The molecule has 0 aliphatic carbocycles. The molecule has 0 amide bonds. The third-order valence-electron chi connectivity index (χ3n) is 3.49. The largest absolute Gasteiger partial charge is 0.496 e. The van der Waals surface area contributed by atoms with Gasteiger partial charge in [-0.1, -0.05) is 0 Å². The molecule has 1 heterocycles. The van der Waals surface area contributed by atoms with Crippen LogP contribution in [0.2, 0.25) is 0 Å². The molecule has 1 fully saturated rings. The second-order valence-corrected chi connectivity index (χ2v) is 6.84. The van der Waals surface area contributed by atoms with E-state index in [1.807, 2.05) is 0 Å². The van der Waals surface area contributed by atoms with Crippen LogP contribution in [-0.2, 0) is 14.8 Å². The second kappa shape index (κ2) is 5.63. The highest BCUT2D eigenvalue weighted by atomic mass is 32.2. The number of carboxylic acids is 1. The van der Waals surface area contributed by atoms with Gasteiger partial charge in [-0.3, -0.25) is 4.79 Å². The second-order valence-electron chi connectivity index (χ2n) is 4.95. The first kappa shape index (κ1) is 15.7. The van der Waals surface area contributed by atoms with Crippen molar-refractivity contribution in [1.82, 2.24) is 4.31 Å². The SMILES string of the molecule is COc1ccc(S(=O)(=O)N2C[C@H](O)C[C@@H]2C(=O)O)cc1C. The highest BCUT2D eigenvalue weighted by molar-refractivity contribution is 7.89. The van der Waals surface area contributed by atoms with Crippen LogP contribution in [0.15, 0.2) is 23.1 Å². The molecule has 21 heavy (non-hydrogen) atoms. The zero-order valence-corrected chi connectivity index (χ0v) is 12.5. The summed E-state index contributed by atoms with van der Waals surface area (Å²) >= 11 is 0. The number of sulfonamides is 1. The molecule has 0 saturated carbocycles. The fourth-order valence-electron chi connectivity index (χ4n) is 2.42. The number of carbonyl (C=O) groups is 1. The Morgan fingerprint density at radius 3 is 2.62 bits per heavy atom. The standard InChI is InChI=1S/C13H17NO6S/c1-8-5-10(3-4-12(8)20-2)21(18,19)14-7-9(15)6-11(14)13(16)17/h3-5,9,11,15H,6-7H2,1-2H3,(H,16,17)/t9-,11-/m1/s1. The molecule has 0 aromatic heterocycles. The van der Waals surface area contributed by atoms with Gasteiger partial charge >= 0.3 is 5.97 Å². The minimum Gasteiger partial charge on any atom is -0.496 e. The fourth-order valence-corrected chi connectivity index (χ4v) is 4.14. The highest BCUT2D eigenvalue weighted by Crippen LogP contribution is 2.29. The lowest BCUT2D eigenvalue weighted by Gasteiger charge is -2.21. The molecule has 1 aliphatic rings. The molecule has 2 N–H and O–H groups in total. The van der Waals surface area contributed by atoms with E-state index in [4.69, 9.17) is 9.84 Å². The average Bonchev–Trinajstić information content (AvgIpc) is 2.81. The van der Waals surface area contributed by atoms with E-state index in [9.17, 15) is 18.3 Å². The summed E-state index contributed by atoms with van der Waals surface area (Å²) in [6.45, 7) is 1.48. The Balaban J connectivity index is 2.42. The van der Waals surface area contributed by atoms with Crippen LogP contribution in [0, 0.1) is 6.92 Å². The van der Waals surface area contributed by atoms with E-state index in [1.165, 1.54) is 25.3 Å². The van der Waals surface area contributed by atoms with Gasteiger partial charge in [0.2, 0.25) is 10.0 Å². The Morgan fingerprint density at radius 1 is 1.43 bits per heavy atom. The summed E-state index contributed by atoms with van der Waals surface area (Å²) in [5.41, 5.74) is 0.630. The molecule has 8 heteroatoms. The molecule has 116 valence electrons. The Bertz CT molecular complexity index is 657. The smallest absolute Gasteiger partial charge is 0.322 e. The van der Waals surface area contributed by atoms with Crippen molar-refractivity contribution in [3.05, 3.63) is 23.8 Å². The summed E-state index contributed by atoms with van der Waals surface area (Å²) in [5, 5.41) is 18.7. The predicted molar refractivity (Wildman–Crippen MR) is 73.7 cm³/mol. The summed E-state index contributed by atoms with van der Waals surface area (Å²) < 4.78 is 31.0. The molecule has 1 aliphatic heterocycles. The molecule has 0 bridgehead atoms. The zero-order valence-electron chi connectivity index (χ0n) is 11.7. The first-order chi connectivity index (χ1) is 9.77. The monoisotopic (exact) mass is 315 g/mol. The van der Waals surface area contributed by atoms with Crippen molar-refractivity contribution in [2.45, 2.75) is 30.4 Å². The van der Waals surface area contributed by atoms with E-state index in [-0.39, 0.29) is 17.9 Å². The zero-order chi connectivity index (χ0) is 15.8. The van der Waals surface area contributed by atoms with Gasteiger partial charge in [0, 0.05) is 13.0 Å². The van der Waals surface area contributed by atoms with Crippen LogP contribution in [0.25, 0.3) is 0 Å². The van der Waals surface area contributed by atoms with Crippen molar-refractivity contribution in [1.29, 1.82) is 0 Å². The number of benzene rings is 1. The van der Waals surface area contributed by atoms with Crippen molar-refractivity contribution in [2.75, 3.05) is 13.7 Å². The van der Waals surface area contributed by atoms with Gasteiger partial charge in [0.05, 0.1) is 18.1 Å². The number of methoxy groups -OCH3 is 1. The minimum atomic E-state index is -3.98. The number of aliphatic carboxylic acids is 1. The first-order valence-electron chi connectivity index (χ1n) is 6.34. The Morgan fingerprint density at radius 2 is 2.10 bits per heavy atom. The van der Waals surface area contributed by atoms with Gasteiger partial charge in [-0.2, -0.15) is 4.31 Å². The van der Waals surface area contributed by atoms with Crippen molar-refractivity contribution in [3.63, 3.8) is 0 Å². The van der Waals surface area contributed by atoms with E-state index in [1.54, 1.807) is 6.92 Å². The lowest BCUT2D eigenvalue weighted by atomic mass is 10.2. The third kappa shape index (κ3) is 2.87. The normalized spacial score (nSPS) is 23.2. The van der Waals surface area contributed by atoms with Crippen molar-refractivity contribution in [2.24, 2.45) is 0 Å². The summed E-state index contributed by atoms with van der Waals surface area (Å²) in [6.07, 6.45) is -1.08. The number of aliphatic hydroxyl groups excluding tert-OH is 1. The number of aliphatic hydroxyl groups is 1.